The van der Waals surface area contributed by atoms with Crippen LogP contribution in [0.15, 0.2) is 60.0 Å². The molecule has 2 aromatic carbocycles. The lowest BCUT2D eigenvalue weighted by Gasteiger charge is -2.37. The number of carbonyl (C=O) groups excluding carboxylic acids is 2. The van der Waals surface area contributed by atoms with Crippen molar-refractivity contribution in [2.75, 3.05) is 39.3 Å². The molecule has 2 aliphatic heterocycles. The molecular formula is C27H27Cl2N3O2S. The van der Waals surface area contributed by atoms with Crippen LogP contribution in [0.5, 0.6) is 0 Å². The molecule has 1 atom stereocenters. The summed E-state index contributed by atoms with van der Waals surface area (Å²) in [7, 11) is 0. The highest BCUT2D eigenvalue weighted by atomic mass is 35.5. The molecule has 1 fully saturated rings. The third-order valence-corrected chi connectivity index (χ3v) is 8.32. The Bertz CT molecular complexity index is 1200. The van der Waals surface area contributed by atoms with E-state index in [2.05, 4.69) is 28.5 Å². The van der Waals surface area contributed by atoms with E-state index in [-0.39, 0.29) is 17.9 Å². The standard InChI is InChI=1S/C27H27Cl2N3O2S/c28-21-6-2-19(3-7-21)26-23-11-17-35-24(23)10-14-32(26)18-25(33)30-12-1-13-31(16-15-30)27(34)20-4-8-22(29)9-5-20/h2-9,11,17,26H,1,10,12-16,18H2/t26-/m1/s1. The maximum absolute atomic E-state index is 13.4. The summed E-state index contributed by atoms with van der Waals surface area (Å²) in [5.41, 5.74) is 3.06. The molecule has 3 heterocycles. The van der Waals surface area contributed by atoms with Crippen LogP contribution < -0.4 is 0 Å². The Morgan fingerprint density at radius 3 is 2.23 bits per heavy atom. The fourth-order valence-corrected chi connectivity index (χ4v) is 6.15. The van der Waals surface area contributed by atoms with Gasteiger partial charge >= 0.3 is 0 Å². The molecule has 1 aromatic heterocycles. The van der Waals surface area contributed by atoms with Crippen molar-refractivity contribution in [2.45, 2.75) is 18.9 Å². The number of hydrogen-bond acceptors (Lipinski definition) is 4. The summed E-state index contributed by atoms with van der Waals surface area (Å²) < 4.78 is 0. The van der Waals surface area contributed by atoms with E-state index in [0.717, 1.165) is 24.9 Å². The Hall–Kier alpha value is -2.38. The Morgan fingerprint density at radius 2 is 1.49 bits per heavy atom. The van der Waals surface area contributed by atoms with Gasteiger partial charge in [0.1, 0.15) is 0 Å². The van der Waals surface area contributed by atoms with Gasteiger partial charge in [-0.2, -0.15) is 0 Å². The van der Waals surface area contributed by atoms with Crippen LogP contribution in [0.2, 0.25) is 10.0 Å². The second-order valence-electron chi connectivity index (χ2n) is 9.01. The number of benzene rings is 2. The first-order valence-corrected chi connectivity index (χ1v) is 13.5. The van der Waals surface area contributed by atoms with Gasteiger partial charge in [0.2, 0.25) is 5.91 Å². The average molecular weight is 529 g/mol. The van der Waals surface area contributed by atoms with Gasteiger partial charge in [-0.25, -0.2) is 0 Å². The SMILES string of the molecule is O=C(CN1CCc2sccc2[C@H]1c1ccc(Cl)cc1)N1CCCN(C(=O)c2ccc(Cl)cc2)CC1. The number of fused-ring (bicyclic) bond motifs is 1. The van der Waals surface area contributed by atoms with E-state index in [1.165, 1.54) is 10.4 Å². The molecule has 0 unspecified atom stereocenters. The molecule has 2 amide bonds. The van der Waals surface area contributed by atoms with Gasteiger partial charge in [-0.15, -0.1) is 11.3 Å². The highest BCUT2D eigenvalue weighted by Gasteiger charge is 2.32. The maximum atomic E-state index is 13.4. The summed E-state index contributed by atoms with van der Waals surface area (Å²) in [6, 6.07) is 17.1. The van der Waals surface area contributed by atoms with Crippen LogP contribution in [0.25, 0.3) is 0 Å². The summed E-state index contributed by atoms with van der Waals surface area (Å²) in [6.45, 7) is 3.56. The van der Waals surface area contributed by atoms with E-state index < -0.39 is 0 Å². The highest BCUT2D eigenvalue weighted by molar-refractivity contribution is 7.10. The first-order chi connectivity index (χ1) is 17.0. The first kappa shape index (κ1) is 24.3. The van der Waals surface area contributed by atoms with Crippen LogP contribution >= 0.6 is 34.5 Å². The molecular weight excluding hydrogens is 501 g/mol. The lowest BCUT2D eigenvalue weighted by atomic mass is 9.93. The molecule has 35 heavy (non-hydrogen) atoms. The second-order valence-corrected chi connectivity index (χ2v) is 10.9. The molecule has 0 saturated carbocycles. The number of rotatable bonds is 4. The molecule has 0 bridgehead atoms. The van der Waals surface area contributed by atoms with Crippen LogP contribution in [0, 0.1) is 0 Å². The average Bonchev–Trinajstić information content (AvgIpc) is 3.20. The molecule has 2 aliphatic rings. The van der Waals surface area contributed by atoms with Crippen molar-refractivity contribution in [1.82, 2.24) is 14.7 Å². The number of hydrogen-bond donors (Lipinski definition) is 0. The quantitative estimate of drug-likeness (QED) is 0.457. The van der Waals surface area contributed by atoms with Gasteiger partial charge in [-0.1, -0.05) is 35.3 Å². The number of carbonyl (C=O) groups is 2. The van der Waals surface area contributed by atoms with Gasteiger partial charge in [0.25, 0.3) is 5.91 Å². The molecule has 0 aliphatic carbocycles. The molecule has 3 aromatic rings. The third-order valence-electron chi connectivity index (χ3n) is 6.82. The first-order valence-electron chi connectivity index (χ1n) is 11.9. The Morgan fingerprint density at radius 1 is 0.829 bits per heavy atom. The Balaban J connectivity index is 1.27. The van der Waals surface area contributed by atoms with E-state index in [4.69, 9.17) is 23.2 Å². The summed E-state index contributed by atoms with van der Waals surface area (Å²) >= 11 is 13.9. The van der Waals surface area contributed by atoms with Gasteiger partial charge in [0, 0.05) is 53.2 Å². The van der Waals surface area contributed by atoms with Crippen LogP contribution in [0.4, 0.5) is 0 Å². The maximum Gasteiger partial charge on any atom is 0.253 e. The molecule has 182 valence electrons. The fourth-order valence-electron chi connectivity index (χ4n) is 4.99. The molecule has 5 rings (SSSR count). The van der Waals surface area contributed by atoms with Crippen LogP contribution in [0.3, 0.4) is 0 Å². The van der Waals surface area contributed by atoms with Crippen molar-refractivity contribution in [2.24, 2.45) is 0 Å². The molecule has 0 spiro atoms. The predicted molar refractivity (Wildman–Crippen MR) is 141 cm³/mol. The minimum absolute atomic E-state index is 0.0141. The molecule has 5 nitrogen and oxygen atoms in total. The second kappa shape index (κ2) is 10.7. The highest BCUT2D eigenvalue weighted by Crippen LogP contribution is 2.38. The van der Waals surface area contributed by atoms with Gasteiger partial charge < -0.3 is 9.80 Å². The Kier molecular flexibility index (Phi) is 7.44. The Labute approximate surface area is 219 Å². The lowest BCUT2D eigenvalue weighted by molar-refractivity contribution is -0.132. The molecule has 1 saturated heterocycles. The molecule has 8 heteroatoms. The largest absolute Gasteiger partial charge is 0.340 e. The van der Waals surface area contributed by atoms with Gasteiger partial charge in [0.15, 0.2) is 0 Å². The third kappa shape index (κ3) is 5.41. The van der Waals surface area contributed by atoms with E-state index in [1.807, 2.05) is 21.9 Å². The van der Waals surface area contributed by atoms with Crippen LogP contribution in [-0.2, 0) is 11.2 Å². The van der Waals surface area contributed by atoms with Crippen LogP contribution in [0.1, 0.15) is 38.8 Å². The van der Waals surface area contributed by atoms with E-state index in [1.54, 1.807) is 35.6 Å². The zero-order valence-electron chi connectivity index (χ0n) is 19.3. The minimum Gasteiger partial charge on any atom is -0.340 e. The zero-order chi connectivity index (χ0) is 24.4. The number of thiophene rings is 1. The fraction of sp³-hybridized carbons (Fsp3) is 0.333. The molecule has 0 N–H and O–H groups in total. The normalized spacial score (nSPS) is 18.7. The topological polar surface area (TPSA) is 43.9 Å². The summed E-state index contributed by atoms with van der Waals surface area (Å²) in [5, 5.41) is 3.46. The van der Waals surface area contributed by atoms with Gasteiger partial charge in [0.05, 0.1) is 12.6 Å². The lowest BCUT2D eigenvalue weighted by Crippen LogP contribution is -2.45. The van der Waals surface area contributed by atoms with Crippen molar-refractivity contribution >= 4 is 46.4 Å². The van der Waals surface area contributed by atoms with Crippen molar-refractivity contribution in [3.8, 4) is 0 Å². The summed E-state index contributed by atoms with van der Waals surface area (Å²) in [4.78, 5) is 33.8. The number of halogens is 2. The van der Waals surface area contributed by atoms with Crippen molar-refractivity contribution in [1.29, 1.82) is 0 Å². The van der Waals surface area contributed by atoms with E-state index >= 15 is 0 Å². The zero-order valence-corrected chi connectivity index (χ0v) is 21.7. The predicted octanol–water partition coefficient (Wildman–Crippen LogP) is 5.38. The van der Waals surface area contributed by atoms with Crippen molar-refractivity contribution in [3.63, 3.8) is 0 Å². The van der Waals surface area contributed by atoms with E-state index in [0.29, 0.717) is 48.3 Å². The number of amides is 2. The smallest absolute Gasteiger partial charge is 0.253 e. The molecule has 0 radical (unpaired) electrons. The van der Waals surface area contributed by atoms with Crippen molar-refractivity contribution in [3.05, 3.63) is 91.6 Å². The summed E-state index contributed by atoms with van der Waals surface area (Å²) in [5.74, 6) is 0.100. The monoisotopic (exact) mass is 527 g/mol. The minimum atomic E-state index is -0.0141. The number of nitrogens with zero attached hydrogens (tertiary/aromatic N) is 3. The van der Waals surface area contributed by atoms with Gasteiger partial charge in [-0.3, -0.25) is 14.5 Å². The van der Waals surface area contributed by atoms with Crippen molar-refractivity contribution < 1.29 is 9.59 Å². The van der Waals surface area contributed by atoms with Gasteiger partial charge in [-0.05, 0) is 71.8 Å². The summed E-state index contributed by atoms with van der Waals surface area (Å²) in [6.07, 6.45) is 1.72. The van der Waals surface area contributed by atoms with E-state index in [9.17, 15) is 9.59 Å². The van der Waals surface area contributed by atoms with Crippen LogP contribution in [-0.4, -0.2) is 65.8 Å².